The Kier molecular flexibility index (Phi) is 4.99. The van der Waals surface area contributed by atoms with E-state index in [4.69, 9.17) is 0 Å². The van der Waals surface area contributed by atoms with E-state index in [0.29, 0.717) is 11.2 Å². The SMILES string of the molecule is CCN(CC)Cc1cnc2c(C(=O)Nc3cccc4cnccc34)cnn2c1. The molecular weight excluding hydrogens is 352 g/mol. The highest BCUT2D eigenvalue weighted by Crippen LogP contribution is 2.23. The molecule has 3 heterocycles. The Morgan fingerprint density at radius 2 is 2.00 bits per heavy atom. The van der Waals surface area contributed by atoms with Gasteiger partial charge in [0, 0.05) is 53.4 Å². The van der Waals surface area contributed by atoms with Crippen LogP contribution in [0.3, 0.4) is 0 Å². The smallest absolute Gasteiger partial charge is 0.261 e. The molecule has 0 bridgehead atoms. The van der Waals surface area contributed by atoms with Gasteiger partial charge in [0.15, 0.2) is 5.65 Å². The van der Waals surface area contributed by atoms with Gasteiger partial charge in [0.1, 0.15) is 5.56 Å². The van der Waals surface area contributed by atoms with Gasteiger partial charge in [-0.3, -0.25) is 14.7 Å². The lowest BCUT2D eigenvalue weighted by atomic mass is 10.1. The van der Waals surface area contributed by atoms with Crippen molar-refractivity contribution in [3.63, 3.8) is 0 Å². The van der Waals surface area contributed by atoms with E-state index in [0.717, 1.165) is 41.7 Å². The van der Waals surface area contributed by atoms with E-state index in [9.17, 15) is 4.79 Å². The van der Waals surface area contributed by atoms with Crippen molar-refractivity contribution in [2.75, 3.05) is 18.4 Å². The summed E-state index contributed by atoms with van der Waals surface area (Å²) in [4.78, 5) is 23.8. The molecule has 4 rings (SSSR count). The molecule has 0 fully saturated rings. The van der Waals surface area contributed by atoms with Gasteiger partial charge in [-0.25, -0.2) is 9.50 Å². The number of carbonyl (C=O) groups excluding carboxylic acids is 1. The van der Waals surface area contributed by atoms with Gasteiger partial charge >= 0.3 is 0 Å². The van der Waals surface area contributed by atoms with Crippen molar-refractivity contribution in [2.45, 2.75) is 20.4 Å². The molecule has 0 atom stereocenters. The Morgan fingerprint density at radius 1 is 1.14 bits per heavy atom. The summed E-state index contributed by atoms with van der Waals surface area (Å²) in [5, 5.41) is 9.22. The van der Waals surface area contributed by atoms with Gasteiger partial charge in [-0.2, -0.15) is 5.10 Å². The number of rotatable bonds is 6. The Labute approximate surface area is 163 Å². The van der Waals surface area contributed by atoms with E-state index in [2.05, 4.69) is 39.1 Å². The minimum Gasteiger partial charge on any atom is -0.321 e. The van der Waals surface area contributed by atoms with Crippen LogP contribution in [0, 0.1) is 0 Å². The minimum absolute atomic E-state index is 0.233. The summed E-state index contributed by atoms with van der Waals surface area (Å²) in [6, 6.07) is 7.63. The topological polar surface area (TPSA) is 75.4 Å². The van der Waals surface area contributed by atoms with Crippen LogP contribution in [0.25, 0.3) is 16.4 Å². The average molecular weight is 374 g/mol. The molecule has 0 unspecified atom stereocenters. The molecule has 142 valence electrons. The minimum atomic E-state index is -0.233. The van der Waals surface area contributed by atoms with Crippen LogP contribution in [0.4, 0.5) is 5.69 Å². The lowest BCUT2D eigenvalue weighted by Gasteiger charge is -2.17. The normalized spacial score (nSPS) is 11.4. The fraction of sp³-hybridized carbons (Fsp3) is 0.238. The lowest BCUT2D eigenvalue weighted by molar-refractivity contribution is 0.102. The zero-order valence-electron chi connectivity index (χ0n) is 16.0. The first-order valence-electron chi connectivity index (χ1n) is 9.38. The quantitative estimate of drug-likeness (QED) is 0.560. The third kappa shape index (κ3) is 3.44. The number of anilines is 1. The first kappa shape index (κ1) is 18.1. The first-order valence-corrected chi connectivity index (χ1v) is 9.38. The monoisotopic (exact) mass is 374 g/mol. The summed E-state index contributed by atoms with van der Waals surface area (Å²) in [7, 11) is 0. The molecule has 1 amide bonds. The summed E-state index contributed by atoms with van der Waals surface area (Å²) in [6.07, 6.45) is 8.80. The number of hydrogen-bond acceptors (Lipinski definition) is 5. The van der Waals surface area contributed by atoms with Crippen LogP contribution >= 0.6 is 0 Å². The van der Waals surface area contributed by atoms with E-state index < -0.39 is 0 Å². The number of aromatic nitrogens is 4. The van der Waals surface area contributed by atoms with E-state index in [1.807, 2.05) is 36.7 Å². The van der Waals surface area contributed by atoms with Crippen molar-refractivity contribution < 1.29 is 4.79 Å². The first-order chi connectivity index (χ1) is 13.7. The highest BCUT2D eigenvalue weighted by atomic mass is 16.1. The number of pyridine rings is 1. The molecule has 1 N–H and O–H groups in total. The number of fused-ring (bicyclic) bond motifs is 2. The molecule has 0 saturated carbocycles. The summed E-state index contributed by atoms with van der Waals surface area (Å²) >= 11 is 0. The Morgan fingerprint density at radius 3 is 2.82 bits per heavy atom. The predicted molar refractivity (Wildman–Crippen MR) is 109 cm³/mol. The van der Waals surface area contributed by atoms with Gasteiger partial charge in [-0.15, -0.1) is 0 Å². The van der Waals surface area contributed by atoms with Crippen LogP contribution in [0.5, 0.6) is 0 Å². The highest BCUT2D eigenvalue weighted by Gasteiger charge is 2.16. The van der Waals surface area contributed by atoms with Crippen molar-refractivity contribution in [1.29, 1.82) is 0 Å². The van der Waals surface area contributed by atoms with E-state index in [1.54, 1.807) is 23.1 Å². The van der Waals surface area contributed by atoms with Crippen molar-refractivity contribution in [2.24, 2.45) is 0 Å². The lowest BCUT2D eigenvalue weighted by Crippen LogP contribution is -2.22. The second kappa shape index (κ2) is 7.74. The number of carbonyl (C=O) groups is 1. The zero-order chi connectivity index (χ0) is 19.5. The van der Waals surface area contributed by atoms with E-state index >= 15 is 0 Å². The molecule has 3 aromatic heterocycles. The van der Waals surface area contributed by atoms with Gasteiger partial charge in [-0.05, 0) is 25.2 Å². The van der Waals surface area contributed by atoms with Crippen molar-refractivity contribution >= 4 is 28.0 Å². The highest BCUT2D eigenvalue weighted by molar-refractivity contribution is 6.11. The average Bonchev–Trinajstić information content (AvgIpc) is 3.15. The molecule has 28 heavy (non-hydrogen) atoms. The summed E-state index contributed by atoms with van der Waals surface area (Å²) in [5.41, 5.74) is 2.79. The van der Waals surface area contributed by atoms with Crippen LogP contribution in [-0.2, 0) is 6.54 Å². The van der Waals surface area contributed by atoms with Gasteiger partial charge < -0.3 is 5.32 Å². The van der Waals surface area contributed by atoms with Gasteiger partial charge in [0.2, 0.25) is 0 Å². The number of benzene rings is 1. The number of amides is 1. The molecule has 0 aliphatic rings. The summed E-state index contributed by atoms with van der Waals surface area (Å²) in [6.45, 7) is 7.02. The number of nitrogens with one attached hydrogen (secondary N) is 1. The molecule has 0 aliphatic carbocycles. The summed E-state index contributed by atoms with van der Waals surface area (Å²) < 4.78 is 1.67. The summed E-state index contributed by atoms with van der Waals surface area (Å²) in [5.74, 6) is -0.233. The van der Waals surface area contributed by atoms with Crippen molar-refractivity contribution in [3.8, 4) is 0 Å². The molecule has 0 saturated heterocycles. The van der Waals surface area contributed by atoms with Crippen LogP contribution in [0.2, 0.25) is 0 Å². The molecule has 4 aromatic rings. The molecule has 0 radical (unpaired) electrons. The van der Waals surface area contributed by atoms with Crippen molar-refractivity contribution in [3.05, 3.63) is 66.4 Å². The maximum absolute atomic E-state index is 12.9. The maximum Gasteiger partial charge on any atom is 0.261 e. The van der Waals surface area contributed by atoms with Crippen LogP contribution in [0.1, 0.15) is 29.8 Å². The largest absolute Gasteiger partial charge is 0.321 e. The Hall–Kier alpha value is -3.32. The fourth-order valence-corrected chi connectivity index (χ4v) is 3.28. The Bertz CT molecular complexity index is 1130. The number of nitrogens with zero attached hydrogens (tertiary/aromatic N) is 5. The molecule has 7 heteroatoms. The standard InChI is InChI=1S/C21H22N6O/c1-3-26(4-2)13-15-10-23-20-18(12-24-27(20)14-15)21(28)25-19-7-5-6-16-11-22-9-8-17(16)19/h5-12,14H,3-4,13H2,1-2H3,(H,25,28). The van der Waals surface area contributed by atoms with Crippen molar-refractivity contribution in [1.82, 2.24) is 24.5 Å². The number of hydrogen-bond donors (Lipinski definition) is 1. The Balaban J connectivity index is 1.61. The van der Waals surface area contributed by atoms with Gasteiger partial charge in [0.25, 0.3) is 5.91 Å². The van der Waals surface area contributed by atoms with Gasteiger partial charge in [-0.1, -0.05) is 26.0 Å². The maximum atomic E-state index is 12.9. The fourth-order valence-electron chi connectivity index (χ4n) is 3.28. The second-order valence-corrected chi connectivity index (χ2v) is 6.61. The molecule has 1 aromatic carbocycles. The van der Waals surface area contributed by atoms with E-state index in [-0.39, 0.29) is 5.91 Å². The molecular formula is C21H22N6O. The third-order valence-electron chi connectivity index (χ3n) is 4.88. The molecule has 7 nitrogen and oxygen atoms in total. The predicted octanol–water partition coefficient (Wildman–Crippen LogP) is 3.37. The molecule has 0 aliphatic heterocycles. The third-order valence-corrected chi connectivity index (χ3v) is 4.88. The van der Waals surface area contributed by atoms with Gasteiger partial charge in [0.05, 0.1) is 6.20 Å². The van der Waals surface area contributed by atoms with Crippen LogP contribution in [0.15, 0.2) is 55.2 Å². The van der Waals surface area contributed by atoms with Crippen LogP contribution < -0.4 is 5.32 Å². The molecule has 0 spiro atoms. The van der Waals surface area contributed by atoms with E-state index in [1.165, 1.54) is 0 Å². The second-order valence-electron chi connectivity index (χ2n) is 6.61. The van der Waals surface area contributed by atoms with Crippen LogP contribution in [-0.4, -0.2) is 43.5 Å². The zero-order valence-corrected chi connectivity index (χ0v) is 16.0.